The van der Waals surface area contributed by atoms with Crippen LogP contribution in [-0.2, 0) is 10.0 Å². The summed E-state index contributed by atoms with van der Waals surface area (Å²) >= 11 is 0. The van der Waals surface area contributed by atoms with Crippen molar-refractivity contribution in [3.8, 4) is 5.75 Å². The predicted molar refractivity (Wildman–Crippen MR) is 146 cm³/mol. The van der Waals surface area contributed by atoms with Gasteiger partial charge in [-0.25, -0.2) is 8.42 Å². The topological polar surface area (TPSA) is 84.5 Å². The summed E-state index contributed by atoms with van der Waals surface area (Å²) in [5.74, 6) is 0.748. The first-order valence-corrected chi connectivity index (χ1v) is 13.5. The van der Waals surface area contributed by atoms with Crippen LogP contribution in [0.2, 0.25) is 0 Å². The molecule has 3 aromatic carbocycles. The molecule has 6 nitrogen and oxygen atoms in total. The van der Waals surface area contributed by atoms with Crippen molar-refractivity contribution in [1.82, 2.24) is 5.32 Å². The molecule has 3 aromatic rings. The molecule has 0 bridgehead atoms. The lowest BCUT2D eigenvalue weighted by molar-refractivity contribution is 0.0939. The van der Waals surface area contributed by atoms with E-state index in [0.29, 0.717) is 11.3 Å². The molecule has 1 amide bonds. The number of aryl methyl sites for hydroxylation is 4. The maximum atomic E-state index is 13.2. The van der Waals surface area contributed by atoms with E-state index in [1.165, 1.54) is 6.07 Å². The summed E-state index contributed by atoms with van der Waals surface area (Å²) in [6, 6.07) is 14.0. The highest BCUT2D eigenvalue weighted by Gasteiger charge is 2.22. The van der Waals surface area contributed by atoms with E-state index in [4.69, 9.17) is 4.74 Å². The van der Waals surface area contributed by atoms with Gasteiger partial charge >= 0.3 is 0 Å². The number of sulfonamides is 1. The van der Waals surface area contributed by atoms with E-state index in [-0.39, 0.29) is 28.3 Å². The molecule has 0 aliphatic heterocycles. The first-order chi connectivity index (χ1) is 16.8. The molecule has 2 N–H and O–H groups in total. The summed E-state index contributed by atoms with van der Waals surface area (Å²) in [6.07, 6.45) is 0. The fourth-order valence-electron chi connectivity index (χ4n) is 4.33. The molecular weight excluding hydrogens is 472 g/mol. The minimum Gasteiger partial charge on any atom is -0.496 e. The van der Waals surface area contributed by atoms with Crippen molar-refractivity contribution in [2.45, 2.75) is 65.3 Å². The van der Waals surface area contributed by atoms with Gasteiger partial charge in [0.05, 0.1) is 23.7 Å². The van der Waals surface area contributed by atoms with E-state index in [0.717, 1.165) is 33.6 Å². The summed E-state index contributed by atoms with van der Waals surface area (Å²) in [7, 11) is -2.23. The molecule has 3 rings (SSSR count). The zero-order valence-electron chi connectivity index (χ0n) is 22.3. The van der Waals surface area contributed by atoms with Gasteiger partial charge in [-0.15, -0.1) is 0 Å². The van der Waals surface area contributed by atoms with Gasteiger partial charge in [0.2, 0.25) is 0 Å². The van der Waals surface area contributed by atoms with Gasteiger partial charge in [0.25, 0.3) is 15.9 Å². The zero-order valence-corrected chi connectivity index (χ0v) is 23.1. The maximum absolute atomic E-state index is 13.2. The molecule has 0 aromatic heterocycles. The van der Waals surface area contributed by atoms with Crippen LogP contribution in [0, 0.1) is 27.7 Å². The van der Waals surface area contributed by atoms with Gasteiger partial charge in [0.1, 0.15) is 5.75 Å². The average molecular weight is 509 g/mol. The molecule has 0 saturated carbocycles. The fraction of sp³-hybridized carbons (Fsp3) is 0.345. The Morgan fingerprint density at radius 2 is 1.53 bits per heavy atom. The van der Waals surface area contributed by atoms with E-state index >= 15 is 0 Å². The smallest absolute Gasteiger partial charge is 0.262 e. The molecule has 0 aliphatic carbocycles. The second-order valence-corrected chi connectivity index (χ2v) is 11.4. The molecule has 192 valence electrons. The van der Waals surface area contributed by atoms with Gasteiger partial charge in [-0.1, -0.05) is 37.6 Å². The average Bonchev–Trinajstić information content (AvgIpc) is 2.80. The third-order valence-corrected chi connectivity index (χ3v) is 7.93. The summed E-state index contributed by atoms with van der Waals surface area (Å²) in [5, 5.41) is 3.03. The summed E-state index contributed by atoms with van der Waals surface area (Å²) in [4.78, 5) is 13.2. The van der Waals surface area contributed by atoms with Crippen LogP contribution in [0.1, 0.15) is 76.5 Å². The van der Waals surface area contributed by atoms with E-state index in [9.17, 15) is 13.2 Å². The van der Waals surface area contributed by atoms with Crippen molar-refractivity contribution in [1.29, 1.82) is 0 Å². The van der Waals surface area contributed by atoms with Gasteiger partial charge < -0.3 is 10.1 Å². The third kappa shape index (κ3) is 5.90. The van der Waals surface area contributed by atoms with Crippen LogP contribution in [0.4, 0.5) is 5.69 Å². The Balaban J connectivity index is 1.88. The van der Waals surface area contributed by atoms with Crippen LogP contribution in [-0.4, -0.2) is 21.4 Å². The molecular formula is C29H36N2O4S. The van der Waals surface area contributed by atoms with E-state index in [1.54, 1.807) is 32.2 Å². The van der Waals surface area contributed by atoms with Crippen molar-refractivity contribution < 1.29 is 17.9 Å². The van der Waals surface area contributed by atoms with Crippen molar-refractivity contribution >= 4 is 21.6 Å². The lowest BCUT2D eigenvalue weighted by atomic mass is 9.93. The molecule has 0 spiro atoms. The molecule has 0 unspecified atom stereocenters. The van der Waals surface area contributed by atoms with Crippen LogP contribution in [0.5, 0.6) is 5.75 Å². The highest BCUT2D eigenvalue weighted by molar-refractivity contribution is 7.92. The number of rotatable bonds is 8. The Hall–Kier alpha value is -3.32. The van der Waals surface area contributed by atoms with Crippen molar-refractivity contribution in [3.63, 3.8) is 0 Å². The molecule has 1 atom stereocenters. The number of hydrogen-bond acceptors (Lipinski definition) is 4. The normalized spacial score (nSPS) is 12.4. The Bertz CT molecular complexity index is 1390. The van der Waals surface area contributed by atoms with Gasteiger partial charge in [-0.3, -0.25) is 9.52 Å². The Kier molecular flexibility index (Phi) is 8.14. The minimum atomic E-state index is -3.89. The van der Waals surface area contributed by atoms with E-state index in [1.807, 2.05) is 45.9 Å². The van der Waals surface area contributed by atoms with E-state index < -0.39 is 10.0 Å². The number of benzene rings is 3. The van der Waals surface area contributed by atoms with Crippen molar-refractivity contribution in [2.24, 2.45) is 0 Å². The number of carbonyl (C=O) groups is 1. The Morgan fingerprint density at radius 1 is 0.833 bits per heavy atom. The number of hydrogen-bond donors (Lipinski definition) is 2. The van der Waals surface area contributed by atoms with Crippen LogP contribution in [0.15, 0.2) is 53.4 Å². The zero-order chi connectivity index (χ0) is 26.8. The van der Waals surface area contributed by atoms with Crippen LogP contribution in [0.25, 0.3) is 0 Å². The molecule has 36 heavy (non-hydrogen) atoms. The van der Waals surface area contributed by atoms with Crippen molar-refractivity contribution in [3.05, 3.63) is 87.5 Å². The number of ether oxygens (including phenoxy) is 1. The monoisotopic (exact) mass is 508 g/mol. The highest BCUT2D eigenvalue weighted by atomic mass is 32.2. The predicted octanol–water partition coefficient (Wildman–Crippen LogP) is 6.34. The molecule has 0 saturated heterocycles. The first-order valence-electron chi connectivity index (χ1n) is 12.0. The molecule has 0 aliphatic rings. The number of carbonyl (C=O) groups excluding carboxylic acids is 1. The quantitative estimate of drug-likeness (QED) is 0.372. The second-order valence-electron chi connectivity index (χ2n) is 9.70. The Labute approximate surface area is 215 Å². The SMILES string of the molecule is COc1cc(C)c([C@H](C)NC(=O)c2ccc(C)c(S(=O)(=O)Nc3ccc(C)cc3C)c2)cc1C(C)C. The van der Waals surface area contributed by atoms with Gasteiger partial charge in [0.15, 0.2) is 0 Å². The maximum Gasteiger partial charge on any atom is 0.262 e. The first kappa shape index (κ1) is 27.3. The lowest BCUT2D eigenvalue weighted by Crippen LogP contribution is -2.27. The summed E-state index contributed by atoms with van der Waals surface area (Å²) < 4.78 is 34.7. The highest BCUT2D eigenvalue weighted by Crippen LogP contribution is 2.32. The standard InChI is InChI=1S/C29H36N2O4S/c1-17(2)24-16-25(20(5)14-27(24)35-8)22(7)30-29(32)23-11-10-19(4)28(15-23)36(33,34)31-26-12-9-18(3)13-21(26)6/h9-17,22,31H,1-8H3,(H,30,32)/t22-/m0/s1. The van der Waals surface area contributed by atoms with Crippen LogP contribution < -0.4 is 14.8 Å². The summed E-state index contributed by atoms with van der Waals surface area (Å²) in [5.41, 5.74) is 6.30. The molecule has 0 heterocycles. The molecule has 0 radical (unpaired) electrons. The molecule has 0 fully saturated rings. The minimum absolute atomic E-state index is 0.0745. The fourth-order valence-corrected chi connectivity index (χ4v) is 5.73. The molecule has 7 heteroatoms. The van der Waals surface area contributed by atoms with Gasteiger partial charge in [-0.05, 0) is 98.7 Å². The third-order valence-electron chi connectivity index (χ3n) is 6.42. The Morgan fingerprint density at radius 3 is 2.14 bits per heavy atom. The van der Waals surface area contributed by atoms with E-state index in [2.05, 4.69) is 30.0 Å². The largest absolute Gasteiger partial charge is 0.496 e. The lowest BCUT2D eigenvalue weighted by Gasteiger charge is -2.21. The second kappa shape index (κ2) is 10.7. The number of methoxy groups -OCH3 is 1. The van der Waals surface area contributed by atoms with Crippen molar-refractivity contribution in [2.75, 3.05) is 11.8 Å². The number of nitrogens with one attached hydrogen (secondary N) is 2. The van der Waals surface area contributed by atoms with Crippen LogP contribution >= 0.6 is 0 Å². The van der Waals surface area contributed by atoms with Gasteiger partial charge in [0, 0.05) is 5.56 Å². The number of anilines is 1. The van der Waals surface area contributed by atoms with Gasteiger partial charge in [-0.2, -0.15) is 0 Å². The number of amides is 1. The summed E-state index contributed by atoms with van der Waals surface area (Å²) in [6.45, 7) is 13.6. The van der Waals surface area contributed by atoms with Crippen LogP contribution in [0.3, 0.4) is 0 Å².